The summed E-state index contributed by atoms with van der Waals surface area (Å²) >= 11 is 0. The summed E-state index contributed by atoms with van der Waals surface area (Å²) < 4.78 is 7.17. The molecule has 3 heterocycles. The predicted octanol–water partition coefficient (Wildman–Crippen LogP) is 1.57. The fraction of sp³-hybridized carbons (Fsp3) is 0.357. The van der Waals surface area contributed by atoms with Crippen LogP contribution in [-0.4, -0.2) is 33.9 Å². The van der Waals surface area contributed by atoms with Crippen molar-refractivity contribution in [3.05, 3.63) is 42.4 Å². The van der Waals surface area contributed by atoms with Crippen molar-refractivity contribution in [2.24, 2.45) is 5.92 Å². The first kappa shape index (κ1) is 12.8. The van der Waals surface area contributed by atoms with E-state index in [1.54, 1.807) is 36.8 Å². The molecule has 0 aliphatic carbocycles. The number of carbonyl (C=O) groups excluding carboxylic acids is 1. The molecule has 2 aromatic heterocycles. The van der Waals surface area contributed by atoms with Gasteiger partial charge in [-0.3, -0.25) is 9.78 Å². The molecule has 0 spiro atoms. The van der Waals surface area contributed by atoms with Gasteiger partial charge in [-0.1, -0.05) is 0 Å². The Bertz CT molecular complexity index is 576. The number of aromatic nitrogens is 3. The summed E-state index contributed by atoms with van der Waals surface area (Å²) in [6, 6.07) is 5.26. The topological polar surface area (TPSA) is 69.0 Å². The molecule has 0 aromatic carbocycles. The minimum Gasteiger partial charge on any atom is -0.381 e. The summed E-state index contributed by atoms with van der Waals surface area (Å²) in [6.45, 7) is 2.33. The molecule has 2 aromatic rings. The summed E-state index contributed by atoms with van der Waals surface area (Å²) in [7, 11) is 0. The first-order valence-electron chi connectivity index (χ1n) is 6.64. The molecule has 1 N–H and O–H groups in total. The third-order valence-electron chi connectivity index (χ3n) is 3.34. The molecule has 20 heavy (non-hydrogen) atoms. The van der Waals surface area contributed by atoms with Gasteiger partial charge in [-0.05, 0) is 18.6 Å². The molecule has 0 bridgehead atoms. The van der Waals surface area contributed by atoms with Crippen molar-refractivity contribution in [2.45, 2.75) is 13.0 Å². The molecule has 0 radical (unpaired) electrons. The second kappa shape index (κ2) is 5.83. The van der Waals surface area contributed by atoms with Crippen molar-refractivity contribution >= 4 is 11.7 Å². The Morgan fingerprint density at radius 2 is 2.40 bits per heavy atom. The number of carbonyl (C=O) groups is 1. The molecule has 6 heteroatoms. The molecule has 0 saturated carbocycles. The van der Waals surface area contributed by atoms with Crippen LogP contribution in [0.4, 0.5) is 5.82 Å². The van der Waals surface area contributed by atoms with Gasteiger partial charge in [0.1, 0.15) is 5.82 Å². The van der Waals surface area contributed by atoms with E-state index < -0.39 is 0 Å². The van der Waals surface area contributed by atoms with E-state index >= 15 is 0 Å². The minimum absolute atomic E-state index is 0.178. The lowest BCUT2D eigenvalue weighted by atomic mass is 10.1. The quantitative estimate of drug-likeness (QED) is 0.917. The van der Waals surface area contributed by atoms with Gasteiger partial charge < -0.3 is 10.1 Å². The van der Waals surface area contributed by atoms with Crippen LogP contribution < -0.4 is 5.32 Å². The number of pyridine rings is 1. The number of ether oxygens (including phenoxy) is 1. The smallest absolute Gasteiger partial charge is 0.258 e. The highest BCUT2D eigenvalue weighted by atomic mass is 16.5. The lowest BCUT2D eigenvalue weighted by molar-refractivity contribution is 0.102. The second-order valence-corrected chi connectivity index (χ2v) is 4.82. The summed E-state index contributed by atoms with van der Waals surface area (Å²) in [6.07, 6.45) is 5.91. The summed E-state index contributed by atoms with van der Waals surface area (Å²) in [5.74, 6) is 0.984. The van der Waals surface area contributed by atoms with Crippen LogP contribution in [0.2, 0.25) is 0 Å². The summed E-state index contributed by atoms with van der Waals surface area (Å²) in [5.41, 5.74) is 0.532. The Kier molecular flexibility index (Phi) is 3.73. The van der Waals surface area contributed by atoms with Gasteiger partial charge >= 0.3 is 0 Å². The molecule has 3 rings (SSSR count). The molecule has 1 atom stereocenters. The maximum absolute atomic E-state index is 12.1. The van der Waals surface area contributed by atoms with E-state index in [1.807, 2.05) is 4.68 Å². The number of rotatable bonds is 4. The molecule has 1 aliphatic heterocycles. The van der Waals surface area contributed by atoms with E-state index in [0.717, 1.165) is 26.2 Å². The fourth-order valence-corrected chi connectivity index (χ4v) is 2.24. The van der Waals surface area contributed by atoms with Crippen LogP contribution >= 0.6 is 0 Å². The van der Waals surface area contributed by atoms with Gasteiger partial charge in [0.25, 0.3) is 5.91 Å². The fourth-order valence-electron chi connectivity index (χ4n) is 2.24. The van der Waals surface area contributed by atoms with Gasteiger partial charge in [0, 0.05) is 37.5 Å². The number of anilines is 1. The van der Waals surface area contributed by atoms with Gasteiger partial charge in [-0.25, -0.2) is 4.68 Å². The van der Waals surface area contributed by atoms with E-state index in [1.165, 1.54) is 0 Å². The lowest BCUT2D eigenvalue weighted by Crippen LogP contribution is -2.18. The average molecular weight is 272 g/mol. The summed E-state index contributed by atoms with van der Waals surface area (Å²) in [4.78, 5) is 16.0. The van der Waals surface area contributed by atoms with Crippen LogP contribution in [0.15, 0.2) is 36.8 Å². The molecule has 1 fully saturated rings. The third kappa shape index (κ3) is 2.85. The van der Waals surface area contributed by atoms with Gasteiger partial charge in [0.2, 0.25) is 0 Å². The SMILES string of the molecule is O=C(Nc1ccnn1C[C@H]1CCOC1)c1cccnc1. The Balaban J connectivity index is 1.68. The largest absolute Gasteiger partial charge is 0.381 e. The number of hydrogen-bond acceptors (Lipinski definition) is 4. The molecular weight excluding hydrogens is 256 g/mol. The normalized spacial score (nSPS) is 18.1. The molecule has 6 nitrogen and oxygen atoms in total. The molecule has 1 saturated heterocycles. The van der Waals surface area contributed by atoms with E-state index in [9.17, 15) is 4.79 Å². The van der Waals surface area contributed by atoms with Gasteiger partial charge in [-0.15, -0.1) is 0 Å². The zero-order valence-electron chi connectivity index (χ0n) is 11.0. The monoisotopic (exact) mass is 272 g/mol. The van der Waals surface area contributed by atoms with Crippen LogP contribution in [0, 0.1) is 5.92 Å². The van der Waals surface area contributed by atoms with E-state index in [2.05, 4.69) is 15.4 Å². The third-order valence-corrected chi connectivity index (χ3v) is 3.34. The maximum Gasteiger partial charge on any atom is 0.258 e. The van der Waals surface area contributed by atoms with Crippen molar-refractivity contribution in [2.75, 3.05) is 18.5 Å². The van der Waals surface area contributed by atoms with Crippen molar-refractivity contribution < 1.29 is 9.53 Å². The van der Waals surface area contributed by atoms with Crippen LogP contribution in [0.1, 0.15) is 16.8 Å². The van der Waals surface area contributed by atoms with Crippen LogP contribution in [0.25, 0.3) is 0 Å². The molecule has 1 aliphatic rings. The van der Waals surface area contributed by atoms with E-state index in [4.69, 9.17) is 4.74 Å². The minimum atomic E-state index is -0.178. The first-order valence-corrected chi connectivity index (χ1v) is 6.64. The number of nitrogens with one attached hydrogen (secondary N) is 1. The Labute approximate surface area is 116 Å². The lowest BCUT2D eigenvalue weighted by Gasteiger charge is -2.12. The standard InChI is InChI=1S/C14H16N4O2/c19-14(12-2-1-5-15-8-12)17-13-3-6-16-18(13)9-11-4-7-20-10-11/h1-3,5-6,8,11H,4,7,9-10H2,(H,17,19)/t11-/m1/s1. The van der Waals surface area contributed by atoms with Gasteiger partial charge in [-0.2, -0.15) is 5.10 Å². The zero-order valence-corrected chi connectivity index (χ0v) is 11.0. The molecular formula is C14H16N4O2. The number of hydrogen-bond donors (Lipinski definition) is 1. The molecule has 1 amide bonds. The highest BCUT2D eigenvalue weighted by molar-refractivity contribution is 6.03. The van der Waals surface area contributed by atoms with E-state index in [-0.39, 0.29) is 5.91 Å². The highest BCUT2D eigenvalue weighted by Crippen LogP contribution is 2.17. The second-order valence-electron chi connectivity index (χ2n) is 4.82. The van der Waals surface area contributed by atoms with Crippen LogP contribution in [-0.2, 0) is 11.3 Å². The van der Waals surface area contributed by atoms with Crippen molar-refractivity contribution in [3.8, 4) is 0 Å². The van der Waals surface area contributed by atoms with Crippen LogP contribution in [0.5, 0.6) is 0 Å². The maximum atomic E-state index is 12.1. The van der Waals surface area contributed by atoms with Crippen molar-refractivity contribution in [1.82, 2.24) is 14.8 Å². The number of amides is 1. The zero-order chi connectivity index (χ0) is 13.8. The van der Waals surface area contributed by atoms with Gasteiger partial charge in [0.15, 0.2) is 0 Å². The predicted molar refractivity (Wildman–Crippen MR) is 73.3 cm³/mol. The molecule has 104 valence electrons. The Hall–Kier alpha value is -2.21. The molecule has 0 unspecified atom stereocenters. The van der Waals surface area contributed by atoms with Crippen LogP contribution in [0.3, 0.4) is 0 Å². The van der Waals surface area contributed by atoms with Crippen molar-refractivity contribution in [3.63, 3.8) is 0 Å². The Morgan fingerprint density at radius 3 is 3.15 bits per heavy atom. The highest BCUT2D eigenvalue weighted by Gasteiger charge is 2.18. The van der Waals surface area contributed by atoms with Crippen molar-refractivity contribution in [1.29, 1.82) is 0 Å². The summed E-state index contributed by atoms with van der Waals surface area (Å²) in [5, 5.41) is 7.12. The van der Waals surface area contributed by atoms with Gasteiger partial charge in [0.05, 0.1) is 18.4 Å². The Morgan fingerprint density at radius 1 is 1.45 bits per heavy atom. The van der Waals surface area contributed by atoms with E-state index in [0.29, 0.717) is 17.3 Å². The number of nitrogens with zero attached hydrogens (tertiary/aromatic N) is 3. The first-order chi connectivity index (χ1) is 9.83. The average Bonchev–Trinajstić information content (AvgIpc) is 3.13.